The van der Waals surface area contributed by atoms with Gasteiger partial charge in [-0.25, -0.2) is 0 Å². The largest absolute Gasteiger partial charge is 0.311 e. The van der Waals surface area contributed by atoms with Crippen molar-refractivity contribution >= 4 is 0 Å². The van der Waals surface area contributed by atoms with E-state index in [0.29, 0.717) is 0 Å². The smallest absolute Gasteiger partial charge is 0.137 e. The van der Waals surface area contributed by atoms with E-state index in [1.807, 2.05) is 13.0 Å². The van der Waals surface area contributed by atoms with Gasteiger partial charge in [-0.15, -0.1) is 0 Å². The van der Waals surface area contributed by atoms with Crippen molar-refractivity contribution in [2.75, 3.05) is 20.6 Å². The third-order valence-corrected chi connectivity index (χ3v) is 1.70. The normalized spacial score (nSPS) is 15.1. The summed E-state index contributed by atoms with van der Waals surface area (Å²) in [7, 11) is 4.18. The Morgan fingerprint density at radius 1 is 1.67 bits per heavy atom. The maximum absolute atomic E-state index is 5.68. The molecule has 2 N–H and O–H groups in total. The van der Waals surface area contributed by atoms with E-state index < -0.39 is 0 Å². The highest BCUT2D eigenvalue weighted by molar-refractivity contribution is 4.64. The Labute approximate surface area is 57.5 Å². The molecule has 0 saturated carbocycles. The van der Waals surface area contributed by atoms with Crippen molar-refractivity contribution in [3.8, 4) is 0 Å². The van der Waals surface area contributed by atoms with Gasteiger partial charge in [0.2, 0.25) is 0 Å². The first-order chi connectivity index (χ1) is 4.00. The molecule has 1 unspecified atom stereocenters. The Bertz CT molecular complexity index is 95.1. The van der Waals surface area contributed by atoms with Crippen molar-refractivity contribution in [1.82, 2.24) is 0 Å². The Kier molecular flexibility index (Phi) is 2.88. The molecule has 2 heteroatoms. The predicted molar refractivity (Wildman–Crippen MR) is 40.8 cm³/mol. The van der Waals surface area contributed by atoms with Crippen molar-refractivity contribution < 1.29 is 4.48 Å². The molecular weight excluding hydrogens is 112 g/mol. The van der Waals surface area contributed by atoms with Crippen LogP contribution >= 0.6 is 0 Å². The van der Waals surface area contributed by atoms with E-state index in [9.17, 15) is 0 Å². The maximum Gasteiger partial charge on any atom is 0.137 e. The van der Waals surface area contributed by atoms with Crippen LogP contribution in [0.4, 0.5) is 0 Å². The van der Waals surface area contributed by atoms with E-state index >= 15 is 0 Å². The van der Waals surface area contributed by atoms with Crippen molar-refractivity contribution in [3.63, 3.8) is 0 Å². The van der Waals surface area contributed by atoms with E-state index in [1.54, 1.807) is 0 Å². The van der Waals surface area contributed by atoms with E-state index in [4.69, 9.17) is 5.73 Å². The minimum Gasteiger partial charge on any atom is -0.311 e. The molecule has 9 heavy (non-hydrogen) atoms. The highest BCUT2D eigenvalue weighted by atomic mass is 15.4. The zero-order valence-electron chi connectivity index (χ0n) is 6.59. The van der Waals surface area contributed by atoms with Crippen LogP contribution in [0.3, 0.4) is 0 Å². The fourth-order valence-electron chi connectivity index (χ4n) is 0.499. The lowest BCUT2D eigenvalue weighted by molar-refractivity contribution is -0.907. The van der Waals surface area contributed by atoms with Crippen molar-refractivity contribution in [1.29, 1.82) is 0 Å². The van der Waals surface area contributed by atoms with Gasteiger partial charge in [0.05, 0.1) is 20.6 Å². The molecule has 54 valence electrons. The molecule has 0 amide bonds. The monoisotopic (exact) mass is 129 g/mol. The lowest BCUT2D eigenvalue weighted by Gasteiger charge is -2.32. The van der Waals surface area contributed by atoms with Gasteiger partial charge in [-0.3, -0.25) is 5.73 Å². The Balaban J connectivity index is 3.84. The summed E-state index contributed by atoms with van der Waals surface area (Å²) in [5.74, 6) is 0. The molecule has 0 heterocycles. The average molecular weight is 129 g/mol. The lowest BCUT2D eigenvalue weighted by Crippen LogP contribution is -2.52. The summed E-state index contributed by atoms with van der Waals surface area (Å²) >= 11 is 0. The first-order valence-electron chi connectivity index (χ1n) is 3.20. The molecule has 0 fully saturated rings. The third-order valence-electron chi connectivity index (χ3n) is 1.70. The van der Waals surface area contributed by atoms with E-state index in [0.717, 1.165) is 11.0 Å². The summed E-state index contributed by atoms with van der Waals surface area (Å²) in [5, 5.41) is 0. The highest BCUT2D eigenvalue weighted by Gasteiger charge is 2.16. The highest BCUT2D eigenvalue weighted by Crippen LogP contribution is 1.99. The number of likely N-dealkylation sites (N-methyl/N-ethyl adjacent to an activating group) is 1. The first kappa shape index (κ1) is 8.66. The van der Waals surface area contributed by atoms with Crippen LogP contribution in [0.2, 0.25) is 0 Å². The summed E-state index contributed by atoms with van der Waals surface area (Å²) in [6.45, 7) is 6.59. The molecule has 1 atom stereocenters. The molecule has 0 aromatic carbocycles. The summed E-state index contributed by atoms with van der Waals surface area (Å²) in [4.78, 5) is 0. The van der Waals surface area contributed by atoms with Gasteiger partial charge in [-0.05, 0) is 6.08 Å². The molecule has 0 aliphatic heterocycles. The molecule has 0 aromatic rings. The second kappa shape index (κ2) is 2.99. The van der Waals surface area contributed by atoms with Gasteiger partial charge in [0.1, 0.15) is 6.17 Å². The molecular formula is C7H17N2+. The van der Waals surface area contributed by atoms with Gasteiger partial charge in [0.25, 0.3) is 0 Å². The molecule has 0 rings (SSSR count). The van der Waals surface area contributed by atoms with Crippen molar-refractivity contribution in [3.05, 3.63) is 12.7 Å². The quantitative estimate of drug-likeness (QED) is 0.336. The molecule has 0 aromatic heterocycles. The van der Waals surface area contributed by atoms with Crippen LogP contribution in [-0.4, -0.2) is 31.3 Å². The first-order valence-corrected chi connectivity index (χ1v) is 3.20. The molecule has 0 radical (unpaired) electrons. The van der Waals surface area contributed by atoms with Crippen LogP contribution in [0.5, 0.6) is 0 Å². The van der Waals surface area contributed by atoms with Crippen LogP contribution in [-0.2, 0) is 0 Å². The molecule has 0 aliphatic carbocycles. The van der Waals surface area contributed by atoms with Crippen molar-refractivity contribution in [2.24, 2.45) is 5.73 Å². The van der Waals surface area contributed by atoms with Crippen LogP contribution in [0.25, 0.3) is 0 Å². The van der Waals surface area contributed by atoms with Crippen LogP contribution in [0, 0.1) is 0 Å². The molecule has 0 bridgehead atoms. The van der Waals surface area contributed by atoms with Gasteiger partial charge < -0.3 is 4.48 Å². The van der Waals surface area contributed by atoms with Gasteiger partial charge in [-0.2, -0.15) is 0 Å². The van der Waals surface area contributed by atoms with Gasteiger partial charge in [-0.1, -0.05) is 6.58 Å². The number of nitrogens with zero attached hydrogens (tertiary/aromatic N) is 1. The number of nitrogens with two attached hydrogens (primary N) is 1. The van der Waals surface area contributed by atoms with Crippen molar-refractivity contribution in [2.45, 2.75) is 13.1 Å². The lowest BCUT2D eigenvalue weighted by atomic mass is 10.4. The molecule has 0 aliphatic rings. The standard InChI is InChI=1S/C7H17N2/c1-5-6-9(3,4)7(2)8/h5,7H,1,6,8H2,2-4H3/q+1. The van der Waals surface area contributed by atoms with Gasteiger partial charge in [0.15, 0.2) is 0 Å². The molecule has 0 saturated heterocycles. The summed E-state index contributed by atoms with van der Waals surface area (Å²) < 4.78 is 0.809. The van der Waals surface area contributed by atoms with Gasteiger partial charge >= 0.3 is 0 Å². The molecule has 2 nitrogen and oxygen atoms in total. The van der Waals surface area contributed by atoms with Crippen LogP contribution in [0.15, 0.2) is 12.7 Å². The van der Waals surface area contributed by atoms with Crippen LogP contribution in [0.1, 0.15) is 6.92 Å². The van der Waals surface area contributed by atoms with E-state index in [2.05, 4.69) is 20.7 Å². The zero-order valence-corrected chi connectivity index (χ0v) is 6.59. The minimum absolute atomic E-state index is 0.183. The SMILES string of the molecule is C=CC[N+](C)(C)C(C)N. The molecule has 0 spiro atoms. The number of quaternary nitrogens is 1. The maximum atomic E-state index is 5.68. The number of rotatable bonds is 3. The van der Waals surface area contributed by atoms with E-state index in [1.165, 1.54) is 0 Å². The minimum atomic E-state index is 0.183. The summed E-state index contributed by atoms with van der Waals surface area (Å²) in [6.07, 6.45) is 2.08. The summed E-state index contributed by atoms with van der Waals surface area (Å²) in [6, 6.07) is 0. The zero-order chi connectivity index (χ0) is 7.49. The Morgan fingerprint density at radius 2 is 2.11 bits per heavy atom. The van der Waals surface area contributed by atoms with Crippen LogP contribution < -0.4 is 5.73 Å². The number of hydrogen-bond acceptors (Lipinski definition) is 1. The average Bonchev–Trinajstić information content (AvgIpc) is 1.65. The fourth-order valence-corrected chi connectivity index (χ4v) is 0.499. The second-order valence-electron chi connectivity index (χ2n) is 2.99. The van der Waals surface area contributed by atoms with E-state index in [-0.39, 0.29) is 6.17 Å². The third kappa shape index (κ3) is 2.63. The topological polar surface area (TPSA) is 26.0 Å². The Morgan fingerprint density at radius 3 is 2.22 bits per heavy atom. The number of hydrogen-bond donors (Lipinski definition) is 1. The summed E-state index contributed by atoms with van der Waals surface area (Å²) in [5.41, 5.74) is 5.68. The van der Waals surface area contributed by atoms with Gasteiger partial charge in [0, 0.05) is 6.92 Å². The Hall–Kier alpha value is -0.340. The predicted octanol–water partition coefficient (Wildman–Crippen LogP) is 0.553. The second-order valence-corrected chi connectivity index (χ2v) is 2.99. The fraction of sp³-hybridized carbons (Fsp3) is 0.714.